The van der Waals surface area contributed by atoms with Gasteiger partial charge in [0.15, 0.2) is 5.78 Å². The van der Waals surface area contributed by atoms with Gasteiger partial charge in [0.25, 0.3) is 0 Å². The molecule has 1 unspecified atom stereocenters. The highest BCUT2D eigenvalue weighted by Gasteiger charge is 2.34. The van der Waals surface area contributed by atoms with Crippen LogP contribution in [0.4, 0.5) is 13.2 Å². The van der Waals surface area contributed by atoms with Crippen LogP contribution in [-0.4, -0.2) is 46.4 Å². The van der Waals surface area contributed by atoms with Crippen LogP contribution in [0.3, 0.4) is 0 Å². The molecule has 0 saturated carbocycles. The molecule has 7 nitrogen and oxygen atoms in total. The fraction of sp³-hybridized carbons (Fsp3) is 0.519. The van der Waals surface area contributed by atoms with Crippen LogP contribution in [0, 0.1) is 12.3 Å². The van der Waals surface area contributed by atoms with Crippen molar-refractivity contribution in [3.05, 3.63) is 52.6 Å². The number of ketones is 2. The average Bonchev–Trinajstić information content (AvgIpc) is 3.33. The van der Waals surface area contributed by atoms with E-state index in [9.17, 15) is 22.8 Å². The second-order valence-electron chi connectivity index (χ2n) is 9.56. The first-order valence-electron chi connectivity index (χ1n) is 12.5. The minimum Gasteiger partial charge on any atom is -0.488 e. The van der Waals surface area contributed by atoms with E-state index in [1.165, 1.54) is 12.4 Å². The summed E-state index contributed by atoms with van der Waals surface area (Å²) in [5.74, 6) is -0.476. The van der Waals surface area contributed by atoms with E-state index >= 15 is 0 Å². The Labute approximate surface area is 214 Å². The largest absolute Gasteiger partial charge is 0.488 e. The molecule has 200 valence electrons. The molecule has 1 aliphatic rings. The molecule has 2 heterocycles. The zero-order valence-corrected chi connectivity index (χ0v) is 21.2. The monoisotopic (exact) mass is 518 g/mol. The molecule has 0 aliphatic carbocycles. The molecular formula is C27H33F3N4O3. The van der Waals surface area contributed by atoms with Crippen LogP contribution in [0.1, 0.15) is 78.3 Å². The number of ether oxygens (including phenoxy) is 1. The zero-order chi connectivity index (χ0) is 27.0. The summed E-state index contributed by atoms with van der Waals surface area (Å²) >= 11 is 0. The maximum atomic E-state index is 13.8. The Balaban J connectivity index is 1.90. The molecule has 3 rings (SSSR count). The van der Waals surface area contributed by atoms with Gasteiger partial charge in [-0.2, -0.15) is 13.2 Å². The van der Waals surface area contributed by atoms with Crippen molar-refractivity contribution in [2.45, 2.75) is 77.5 Å². The predicted octanol–water partition coefficient (Wildman–Crippen LogP) is 5.07. The normalized spacial score (nSPS) is 15.5. The minimum absolute atomic E-state index is 0.0900. The fourth-order valence-electron chi connectivity index (χ4n) is 4.29. The Morgan fingerprint density at radius 2 is 1.78 bits per heavy atom. The van der Waals surface area contributed by atoms with Crippen molar-refractivity contribution in [2.24, 2.45) is 0 Å². The molecule has 1 atom stereocenters. The summed E-state index contributed by atoms with van der Waals surface area (Å²) < 4.78 is 47.6. The van der Waals surface area contributed by atoms with E-state index in [2.05, 4.69) is 15.3 Å². The van der Waals surface area contributed by atoms with Gasteiger partial charge >= 0.3 is 6.18 Å². The molecular weight excluding hydrogens is 485 g/mol. The van der Waals surface area contributed by atoms with Crippen LogP contribution < -0.4 is 10.1 Å². The van der Waals surface area contributed by atoms with E-state index in [4.69, 9.17) is 10.1 Å². The van der Waals surface area contributed by atoms with Crippen LogP contribution in [0.2, 0.25) is 0 Å². The molecule has 1 saturated heterocycles. The highest BCUT2D eigenvalue weighted by Crippen LogP contribution is 2.37. The molecule has 2 aromatic rings. The molecule has 2 N–H and O–H groups in total. The molecule has 1 aromatic carbocycles. The number of aromatic nitrogens is 2. The molecule has 1 fully saturated rings. The molecule has 1 aromatic heterocycles. The number of benzene rings is 1. The van der Waals surface area contributed by atoms with Crippen molar-refractivity contribution in [3.8, 4) is 5.75 Å². The smallest absolute Gasteiger partial charge is 0.416 e. The molecule has 10 heteroatoms. The molecule has 0 bridgehead atoms. The summed E-state index contributed by atoms with van der Waals surface area (Å²) in [7, 11) is 0. The van der Waals surface area contributed by atoms with Crippen LogP contribution in [0.15, 0.2) is 24.5 Å². The number of Topliss-reactive ketones (excluding diaryl/α,β-unsaturated/α-hetero) is 2. The number of carbonyl (C=O) groups is 2. The highest BCUT2D eigenvalue weighted by molar-refractivity contribution is 5.96. The Morgan fingerprint density at radius 3 is 2.41 bits per heavy atom. The van der Waals surface area contributed by atoms with Gasteiger partial charge in [0.2, 0.25) is 0 Å². The number of nitrogens with zero attached hydrogens (tertiary/aromatic N) is 2. The number of hydrogen-bond donors (Lipinski definition) is 2. The number of hydrogen-bond acceptors (Lipinski definition) is 7. The number of rotatable bonds is 13. The summed E-state index contributed by atoms with van der Waals surface area (Å²) in [4.78, 5) is 33.7. The van der Waals surface area contributed by atoms with Crippen LogP contribution in [0.25, 0.3) is 0 Å². The van der Waals surface area contributed by atoms with Crippen LogP contribution in [-0.2, 0) is 23.8 Å². The number of alkyl halides is 3. The Morgan fingerprint density at radius 1 is 1.08 bits per heavy atom. The topological polar surface area (TPSA) is 105 Å². The third-order valence-electron chi connectivity index (χ3n) is 6.21. The quantitative estimate of drug-likeness (QED) is 0.218. The Hall–Kier alpha value is -3.14. The van der Waals surface area contributed by atoms with Gasteiger partial charge < -0.3 is 15.5 Å². The van der Waals surface area contributed by atoms with E-state index in [1.54, 1.807) is 13.8 Å². The standard InChI is InChI=1S/C27H33F3N4O3/c1-17(31)6-4-3-5-7-22(35)13-19-11-21(27(28,29)30)12-20(26(19)37-23-8-9-32-15-23)14-25(36)24-10-18(2)33-16-34-24/h10-12,16,23,31-32H,3-9,13-15H2,1-2H3. The lowest BCUT2D eigenvalue weighted by atomic mass is 9.94. The highest BCUT2D eigenvalue weighted by atomic mass is 19.4. The first-order chi connectivity index (χ1) is 17.5. The summed E-state index contributed by atoms with van der Waals surface area (Å²) in [6, 6.07) is 3.40. The Bertz CT molecular complexity index is 1130. The first-order valence-corrected chi connectivity index (χ1v) is 12.5. The molecule has 1 aliphatic heterocycles. The van der Waals surface area contributed by atoms with Crippen LogP contribution in [0.5, 0.6) is 5.75 Å². The third kappa shape index (κ3) is 8.73. The molecule has 0 amide bonds. The Kier molecular flexibility index (Phi) is 9.91. The minimum atomic E-state index is -4.65. The van der Waals surface area contributed by atoms with Gasteiger partial charge in [0, 0.05) is 48.3 Å². The van der Waals surface area contributed by atoms with Gasteiger partial charge in [-0.3, -0.25) is 9.59 Å². The summed E-state index contributed by atoms with van der Waals surface area (Å²) in [5, 5.41) is 10.6. The SMILES string of the molecule is CC(=N)CCCCCC(=O)Cc1cc(C(F)(F)F)cc(CC(=O)c2cc(C)ncn2)c1OC1CCNC1. The average molecular weight is 519 g/mol. The van der Waals surface area contributed by atoms with Crippen molar-refractivity contribution >= 4 is 17.3 Å². The van der Waals surface area contributed by atoms with E-state index in [0.717, 1.165) is 25.0 Å². The van der Waals surface area contributed by atoms with Crippen molar-refractivity contribution < 1.29 is 27.5 Å². The van der Waals surface area contributed by atoms with Crippen molar-refractivity contribution in [2.75, 3.05) is 13.1 Å². The second kappa shape index (κ2) is 12.9. The van der Waals surface area contributed by atoms with E-state index in [0.29, 0.717) is 43.8 Å². The van der Waals surface area contributed by atoms with Crippen LogP contribution >= 0.6 is 0 Å². The summed E-state index contributed by atoms with van der Waals surface area (Å²) in [6.07, 6.45) is -0.523. The fourth-order valence-corrected chi connectivity index (χ4v) is 4.29. The number of carbonyl (C=O) groups excluding carboxylic acids is 2. The van der Waals surface area contributed by atoms with Gasteiger partial charge in [0.05, 0.1) is 5.56 Å². The van der Waals surface area contributed by atoms with E-state index in [-0.39, 0.29) is 53.7 Å². The zero-order valence-electron chi connectivity index (χ0n) is 21.2. The van der Waals surface area contributed by atoms with E-state index in [1.807, 2.05) is 0 Å². The lowest BCUT2D eigenvalue weighted by molar-refractivity contribution is -0.137. The van der Waals surface area contributed by atoms with Gasteiger partial charge in [0.1, 0.15) is 29.7 Å². The van der Waals surface area contributed by atoms with Gasteiger partial charge in [-0.15, -0.1) is 0 Å². The van der Waals surface area contributed by atoms with Gasteiger partial charge in [-0.05, 0) is 64.3 Å². The maximum absolute atomic E-state index is 13.8. The lowest BCUT2D eigenvalue weighted by Crippen LogP contribution is -2.22. The number of halogens is 3. The maximum Gasteiger partial charge on any atom is 0.416 e. The number of aryl methyl sites for hydroxylation is 1. The molecule has 0 spiro atoms. The molecule has 0 radical (unpaired) electrons. The first kappa shape index (κ1) is 28.4. The molecule has 37 heavy (non-hydrogen) atoms. The third-order valence-corrected chi connectivity index (χ3v) is 6.21. The number of unbranched alkanes of at least 4 members (excludes halogenated alkanes) is 2. The van der Waals surface area contributed by atoms with Gasteiger partial charge in [-0.1, -0.05) is 6.42 Å². The second-order valence-corrected chi connectivity index (χ2v) is 9.56. The van der Waals surface area contributed by atoms with Crippen molar-refractivity contribution in [3.63, 3.8) is 0 Å². The van der Waals surface area contributed by atoms with Crippen molar-refractivity contribution in [1.82, 2.24) is 15.3 Å². The predicted molar refractivity (Wildman–Crippen MR) is 133 cm³/mol. The van der Waals surface area contributed by atoms with Crippen molar-refractivity contribution in [1.29, 1.82) is 5.41 Å². The van der Waals surface area contributed by atoms with E-state index < -0.39 is 17.5 Å². The number of nitrogens with one attached hydrogen (secondary N) is 2. The summed E-state index contributed by atoms with van der Waals surface area (Å²) in [5.41, 5.74) is 0.568. The summed E-state index contributed by atoms with van der Waals surface area (Å²) in [6.45, 7) is 4.66. The lowest BCUT2D eigenvalue weighted by Gasteiger charge is -2.21. The van der Waals surface area contributed by atoms with Gasteiger partial charge in [-0.25, -0.2) is 9.97 Å².